The van der Waals surface area contributed by atoms with Gasteiger partial charge in [0.2, 0.25) is 5.91 Å². The Hall–Kier alpha value is -1.70. The van der Waals surface area contributed by atoms with E-state index in [-0.39, 0.29) is 24.9 Å². The third kappa shape index (κ3) is 5.47. The molecule has 1 fully saturated rings. The van der Waals surface area contributed by atoms with Gasteiger partial charge >= 0.3 is 0 Å². The van der Waals surface area contributed by atoms with Crippen LogP contribution in [0.3, 0.4) is 0 Å². The van der Waals surface area contributed by atoms with Crippen LogP contribution in [0, 0.1) is 13.8 Å². The van der Waals surface area contributed by atoms with Gasteiger partial charge in [0.05, 0.1) is 34.4 Å². The van der Waals surface area contributed by atoms with E-state index in [2.05, 4.69) is 10.4 Å². The van der Waals surface area contributed by atoms with E-state index < -0.39 is 6.43 Å². The van der Waals surface area contributed by atoms with Crippen molar-refractivity contribution in [2.24, 2.45) is 0 Å². The van der Waals surface area contributed by atoms with Crippen LogP contribution in [0.1, 0.15) is 29.8 Å². The zero-order chi connectivity index (χ0) is 21.1. The first-order chi connectivity index (χ1) is 13.7. The number of amides is 1. The van der Waals surface area contributed by atoms with Gasteiger partial charge in [-0.1, -0.05) is 23.2 Å². The van der Waals surface area contributed by atoms with Crippen molar-refractivity contribution in [3.8, 4) is 5.69 Å². The third-order valence-corrected chi connectivity index (χ3v) is 6.01. The Labute approximate surface area is 179 Å². The summed E-state index contributed by atoms with van der Waals surface area (Å²) in [6, 6.07) is 5.29. The van der Waals surface area contributed by atoms with E-state index in [1.165, 1.54) is 0 Å². The molecule has 158 valence electrons. The Kier molecular flexibility index (Phi) is 7.14. The number of carbonyl (C=O) groups is 1. The van der Waals surface area contributed by atoms with E-state index in [1.807, 2.05) is 19.9 Å². The fourth-order valence-electron chi connectivity index (χ4n) is 3.69. The zero-order valence-corrected chi connectivity index (χ0v) is 17.9. The molecule has 5 nitrogen and oxygen atoms in total. The number of likely N-dealkylation sites (tertiary alicyclic amines) is 1. The summed E-state index contributed by atoms with van der Waals surface area (Å²) in [7, 11) is 0. The number of aromatic nitrogens is 2. The van der Waals surface area contributed by atoms with Gasteiger partial charge in [0, 0.05) is 30.4 Å². The molecule has 1 aromatic heterocycles. The number of nitrogens with zero attached hydrogens (tertiary/aromatic N) is 3. The summed E-state index contributed by atoms with van der Waals surface area (Å²) in [4.78, 5) is 14.3. The van der Waals surface area contributed by atoms with Crippen molar-refractivity contribution in [1.29, 1.82) is 0 Å². The molecule has 9 heteroatoms. The summed E-state index contributed by atoms with van der Waals surface area (Å²) < 4.78 is 26.7. The van der Waals surface area contributed by atoms with Crippen molar-refractivity contribution >= 4 is 29.1 Å². The number of benzene rings is 1. The SMILES string of the molecule is Cc1nn(-c2ccc(Cl)c(Cl)c2)c(C)c1CC(=O)NC1CCN(CC(F)F)CC1. The zero-order valence-electron chi connectivity index (χ0n) is 16.4. The summed E-state index contributed by atoms with van der Waals surface area (Å²) in [6.07, 6.45) is -0.743. The predicted octanol–water partition coefficient (Wildman–Crippen LogP) is 4.18. The molecule has 2 aromatic rings. The largest absolute Gasteiger partial charge is 0.353 e. The maximum atomic E-state index is 12.6. The van der Waals surface area contributed by atoms with E-state index in [1.54, 1.807) is 21.7 Å². The lowest BCUT2D eigenvalue weighted by Crippen LogP contribution is -2.46. The molecule has 1 aliphatic rings. The number of halogens is 4. The van der Waals surface area contributed by atoms with Crippen LogP contribution in [-0.4, -0.2) is 52.7 Å². The minimum absolute atomic E-state index is 0.0159. The molecule has 0 saturated carbocycles. The first-order valence-electron chi connectivity index (χ1n) is 9.55. The van der Waals surface area contributed by atoms with Gasteiger partial charge < -0.3 is 5.32 Å². The fraction of sp³-hybridized carbons (Fsp3) is 0.500. The standard InChI is InChI=1S/C20H24Cl2F2N4O/c1-12-16(13(2)28(26-12)15-3-4-17(21)18(22)9-15)10-20(29)25-14-5-7-27(8-6-14)11-19(23)24/h3-4,9,14,19H,5-8,10-11H2,1-2H3,(H,25,29). The molecule has 0 unspecified atom stereocenters. The summed E-state index contributed by atoms with van der Waals surface area (Å²) in [6.45, 7) is 4.72. The van der Waals surface area contributed by atoms with Crippen LogP contribution in [0.2, 0.25) is 10.0 Å². The number of hydrogen-bond acceptors (Lipinski definition) is 3. The second-order valence-corrected chi connectivity index (χ2v) is 8.18. The molecule has 3 rings (SSSR count). The average Bonchev–Trinajstić information content (AvgIpc) is 2.93. The highest BCUT2D eigenvalue weighted by Gasteiger charge is 2.23. The normalized spacial score (nSPS) is 15.8. The Balaban J connectivity index is 1.62. The molecule has 0 radical (unpaired) electrons. The maximum absolute atomic E-state index is 12.6. The first kappa shape index (κ1) is 22.0. The Morgan fingerprint density at radius 1 is 1.24 bits per heavy atom. The van der Waals surface area contributed by atoms with Crippen molar-refractivity contribution in [1.82, 2.24) is 20.0 Å². The van der Waals surface area contributed by atoms with Crippen molar-refractivity contribution in [2.45, 2.75) is 45.6 Å². The lowest BCUT2D eigenvalue weighted by Gasteiger charge is -2.32. The molecule has 29 heavy (non-hydrogen) atoms. The Morgan fingerprint density at radius 2 is 1.93 bits per heavy atom. The molecule has 1 amide bonds. The van der Waals surface area contributed by atoms with E-state index in [4.69, 9.17) is 23.2 Å². The van der Waals surface area contributed by atoms with Gasteiger partial charge in [-0.05, 0) is 44.9 Å². The van der Waals surface area contributed by atoms with E-state index in [0.717, 1.165) is 22.6 Å². The summed E-state index contributed by atoms with van der Waals surface area (Å²) in [5, 5.41) is 8.49. The maximum Gasteiger partial charge on any atom is 0.251 e. The van der Waals surface area contributed by atoms with E-state index >= 15 is 0 Å². The van der Waals surface area contributed by atoms with Gasteiger partial charge in [-0.3, -0.25) is 9.69 Å². The molecule has 1 saturated heterocycles. The van der Waals surface area contributed by atoms with Gasteiger partial charge in [-0.15, -0.1) is 0 Å². The van der Waals surface area contributed by atoms with E-state index in [9.17, 15) is 13.6 Å². The van der Waals surface area contributed by atoms with Crippen LogP contribution in [0.25, 0.3) is 5.69 Å². The quantitative estimate of drug-likeness (QED) is 0.726. The van der Waals surface area contributed by atoms with E-state index in [0.29, 0.717) is 36.0 Å². The van der Waals surface area contributed by atoms with Gasteiger partial charge in [-0.2, -0.15) is 5.10 Å². The summed E-state index contributed by atoms with van der Waals surface area (Å²) in [5.41, 5.74) is 3.28. The van der Waals surface area contributed by atoms with Crippen molar-refractivity contribution in [2.75, 3.05) is 19.6 Å². The van der Waals surface area contributed by atoms with Crippen LogP contribution in [0.5, 0.6) is 0 Å². The summed E-state index contributed by atoms with van der Waals surface area (Å²) >= 11 is 12.1. The van der Waals surface area contributed by atoms with Crippen molar-refractivity contribution < 1.29 is 13.6 Å². The second kappa shape index (κ2) is 9.41. The minimum Gasteiger partial charge on any atom is -0.353 e. The smallest absolute Gasteiger partial charge is 0.251 e. The lowest BCUT2D eigenvalue weighted by molar-refractivity contribution is -0.121. The number of alkyl halides is 2. The second-order valence-electron chi connectivity index (χ2n) is 7.37. The molecule has 0 bridgehead atoms. The molecule has 0 aliphatic carbocycles. The molecular formula is C20H24Cl2F2N4O. The van der Waals surface area contributed by atoms with Crippen LogP contribution < -0.4 is 5.32 Å². The highest BCUT2D eigenvalue weighted by atomic mass is 35.5. The number of carbonyl (C=O) groups excluding carboxylic acids is 1. The number of nitrogens with one attached hydrogen (secondary N) is 1. The number of aryl methyl sites for hydroxylation is 1. The Morgan fingerprint density at radius 3 is 2.55 bits per heavy atom. The number of rotatable bonds is 6. The molecule has 1 aromatic carbocycles. The van der Waals surface area contributed by atoms with Crippen LogP contribution in [-0.2, 0) is 11.2 Å². The minimum atomic E-state index is -2.32. The molecule has 0 spiro atoms. The molecule has 1 N–H and O–H groups in total. The number of hydrogen-bond donors (Lipinski definition) is 1. The molecular weight excluding hydrogens is 421 g/mol. The van der Waals surface area contributed by atoms with Crippen LogP contribution >= 0.6 is 23.2 Å². The monoisotopic (exact) mass is 444 g/mol. The lowest BCUT2D eigenvalue weighted by atomic mass is 10.0. The molecule has 1 aliphatic heterocycles. The first-order valence-corrected chi connectivity index (χ1v) is 10.3. The van der Waals surface area contributed by atoms with Crippen molar-refractivity contribution in [3.05, 3.63) is 45.2 Å². The molecule has 0 atom stereocenters. The summed E-state index contributed by atoms with van der Waals surface area (Å²) in [5.74, 6) is -0.0859. The van der Waals surface area contributed by atoms with Crippen molar-refractivity contribution in [3.63, 3.8) is 0 Å². The van der Waals surface area contributed by atoms with Gasteiger partial charge in [-0.25, -0.2) is 13.5 Å². The van der Waals surface area contributed by atoms with Gasteiger partial charge in [0.15, 0.2) is 0 Å². The molecule has 2 heterocycles. The highest BCUT2D eigenvalue weighted by Crippen LogP contribution is 2.26. The van der Waals surface area contributed by atoms with Gasteiger partial charge in [0.25, 0.3) is 6.43 Å². The number of piperidine rings is 1. The topological polar surface area (TPSA) is 50.2 Å². The highest BCUT2D eigenvalue weighted by molar-refractivity contribution is 6.42. The van der Waals surface area contributed by atoms with Crippen LogP contribution in [0.4, 0.5) is 8.78 Å². The predicted molar refractivity (Wildman–Crippen MR) is 110 cm³/mol. The Bertz CT molecular complexity index is 880. The van der Waals surface area contributed by atoms with Crippen LogP contribution in [0.15, 0.2) is 18.2 Å². The average molecular weight is 445 g/mol. The fourth-order valence-corrected chi connectivity index (χ4v) is 3.99. The van der Waals surface area contributed by atoms with Gasteiger partial charge in [0.1, 0.15) is 0 Å². The third-order valence-electron chi connectivity index (χ3n) is 5.28.